The first kappa shape index (κ1) is 16.0. The molecule has 4 nitrogen and oxygen atoms in total. The Balaban J connectivity index is 1.87. The number of H-pyrrole nitrogens is 1. The first-order valence-corrected chi connectivity index (χ1v) is 7.47. The van der Waals surface area contributed by atoms with E-state index in [2.05, 4.69) is 10.3 Å². The molecule has 2 aromatic carbocycles. The molecule has 0 atom stereocenters. The average Bonchev–Trinajstić information content (AvgIpc) is 2.57. The number of rotatable bonds is 3. The van der Waals surface area contributed by atoms with Gasteiger partial charge in [-0.05, 0) is 54.1 Å². The minimum atomic E-state index is -0.560. The van der Waals surface area contributed by atoms with Crippen molar-refractivity contribution in [3.05, 3.63) is 87.4 Å². The highest BCUT2D eigenvalue weighted by molar-refractivity contribution is 6.33. The highest BCUT2D eigenvalue weighted by Gasteiger charge is 2.13. The van der Waals surface area contributed by atoms with Gasteiger partial charge in [0.05, 0.1) is 10.7 Å². The van der Waals surface area contributed by atoms with Crippen molar-refractivity contribution in [2.75, 3.05) is 5.32 Å². The molecule has 120 valence electrons. The highest BCUT2D eigenvalue weighted by atomic mass is 35.5. The maximum Gasteiger partial charge on any atom is 0.261 e. The largest absolute Gasteiger partial charge is 0.321 e. The smallest absolute Gasteiger partial charge is 0.261 e. The Bertz CT molecular complexity index is 952. The monoisotopic (exact) mass is 342 g/mol. The molecule has 1 aromatic heterocycles. The number of anilines is 1. The maximum absolute atomic E-state index is 13.0. The van der Waals surface area contributed by atoms with E-state index in [1.165, 1.54) is 18.2 Å². The van der Waals surface area contributed by atoms with Gasteiger partial charge in [0, 0.05) is 5.69 Å². The molecule has 0 spiro atoms. The number of halogens is 2. The van der Waals surface area contributed by atoms with Crippen LogP contribution in [0.25, 0.3) is 11.3 Å². The van der Waals surface area contributed by atoms with Crippen LogP contribution in [0.5, 0.6) is 0 Å². The minimum absolute atomic E-state index is 0.0409. The van der Waals surface area contributed by atoms with E-state index in [-0.39, 0.29) is 11.4 Å². The van der Waals surface area contributed by atoms with Crippen molar-refractivity contribution in [2.45, 2.75) is 0 Å². The standard InChI is InChI=1S/C18H12ClFN2O2/c19-14-3-1-2-4-16(14)22-18(24)13-9-10-15(21-17(13)23)11-5-7-12(20)8-6-11/h1-10H,(H,21,23)(H,22,24). The third kappa shape index (κ3) is 3.36. The van der Waals surface area contributed by atoms with E-state index in [1.807, 2.05) is 0 Å². The number of amides is 1. The van der Waals surface area contributed by atoms with Crippen LogP contribution in [-0.2, 0) is 0 Å². The molecule has 0 aliphatic rings. The van der Waals surface area contributed by atoms with E-state index in [0.29, 0.717) is 22.0 Å². The number of hydrogen-bond donors (Lipinski definition) is 2. The van der Waals surface area contributed by atoms with Gasteiger partial charge >= 0.3 is 0 Å². The Labute approximate surface area is 141 Å². The lowest BCUT2D eigenvalue weighted by molar-refractivity contribution is 0.102. The van der Waals surface area contributed by atoms with Crippen LogP contribution in [0.1, 0.15) is 10.4 Å². The Morgan fingerprint density at radius 1 is 1.00 bits per heavy atom. The average molecular weight is 343 g/mol. The fourth-order valence-electron chi connectivity index (χ4n) is 2.20. The van der Waals surface area contributed by atoms with Gasteiger partial charge in [-0.2, -0.15) is 0 Å². The lowest BCUT2D eigenvalue weighted by Gasteiger charge is -2.07. The lowest BCUT2D eigenvalue weighted by atomic mass is 10.1. The molecule has 0 fully saturated rings. The normalized spacial score (nSPS) is 10.4. The van der Waals surface area contributed by atoms with E-state index in [1.54, 1.807) is 42.5 Å². The topological polar surface area (TPSA) is 62.0 Å². The summed E-state index contributed by atoms with van der Waals surface area (Å²) in [6.07, 6.45) is 0. The van der Waals surface area contributed by atoms with Crippen LogP contribution in [0.2, 0.25) is 5.02 Å². The molecule has 2 N–H and O–H groups in total. The van der Waals surface area contributed by atoms with Gasteiger partial charge in [0.2, 0.25) is 0 Å². The molecule has 0 aliphatic heterocycles. The lowest BCUT2D eigenvalue weighted by Crippen LogP contribution is -2.23. The summed E-state index contributed by atoms with van der Waals surface area (Å²) in [7, 11) is 0. The molecule has 1 amide bonds. The highest BCUT2D eigenvalue weighted by Crippen LogP contribution is 2.21. The van der Waals surface area contributed by atoms with Crippen molar-refractivity contribution >= 4 is 23.2 Å². The van der Waals surface area contributed by atoms with Crippen LogP contribution < -0.4 is 10.9 Å². The van der Waals surface area contributed by atoms with E-state index in [9.17, 15) is 14.0 Å². The number of nitrogens with one attached hydrogen (secondary N) is 2. The van der Waals surface area contributed by atoms with Gasteiger partial charge < -0.3 is 10.3 Å². The second kappa shape index (κ2) is 6.68. The number of para-hydroxylation sites is 1. The second-order valence-corrected chi connectivity index (χ2v) is 5.46. The van der Waals surface area contributed by atoms with Crippen molar-refractivity contribution in [3.63, 3.8) is 0 Å². The number of aromatic nitrogens is 1. The quantitative estimate of drug-likeness (QED) is 0.753. The number of carbonyl (C=O) groups excluding carboxylic acids is 1. The Kier molecular flexibility index (Phi) is 4.44. The predicted molar refractivity (Wildman–Crippen MR) is 91.9 cm³/mol. The number of pyridine rings is 1. The second-order valence-electron chi connectivity index (χ2n) is 5.06. The van der Waals surface area contributed by atoms with Crippen LogP contribution in [0, 0.1) is 5.82 Å². The van der Waals surface area contributed by atoms with Crippen LogP contribution >= 0.6 is 11.6 Å². The molecular weight excluding hydrogens is 331 g/mol. The maximum atomic E-state index is 13.0. The van der Waals surface area contributed by atoms with Gasteiger partial charge in [-0.15, -0.1) is 0 Å². The van der Waals surface area contributed by atoms with E-state index >= 15 is 0 Å². The Morgan fingerprint density at radius 3 is 2.38 bits per heavy atom. The fraction of sp³-hybridized carbons (Fsp3) is 0. The zero-order valence-electron chi connectivity index (χ0n) is 12.3. The molecule has 0 bridgehead atoms. The molecule has 0 unspecified atom stereocenters. The van der Waals surface area contributed by atoms with Gasteiger partial charge in [-0.25, -0.2) is 4.39 Å². The summed E-state index contributed by atoms with van der Waals surface area (Å²) in [4.78, 5) is 27.0. The zero-order chi connectivity index (χ0) is 17.1. The summed E-state index contributed by atoms with van der Waals surface area (Å²) in [5.74, 6) is -0.924. The van der Waals surface area contributed by atoms with Gasteiger partial charge in [0.25, 0.3) is 11.5 Å². The summed E-state index contributed by atoms with van der Waals surface area (Å²) in [6, 6.07) is 15.4. The summed E-state index contributed by atoms with van der Waals surface area (Å²) in [6.45, 7) is 0. The molecule has 6 heteroatoms. The SMILES string of the molecule is O=C(Nc1ccccc1Cl)c1ccc(-c2ccc(F)cc2)[nH]c1=O. The molecule has 3 aromatic rings. The number of benzene rings is 2. The third-order valence-electron chi connectivity index (χ3n) is 3.43. The molecule has 0 radical (unpaired) electrons. The number of carbonyl (C=O) groups is 1. The summed E-state index contributed by atoms with van der Waals surface area (Å²) in [5, 5.41) is 2.97. The van der Waals surface area contributed by atoms with Crippen LogP contribution in [-0.4, -0.2) is 10.9 Å². The van der Waals surface area contributed by atoms with Gasteiger partial charge in [0.1, 0.15) is 11.4 Å². The molecular formula is C18H12ClFN2O2. The van der Waals surface area contributed by atoms with E-state index in [0.717, 1.165) is 0 Å². The number of hydrogen-bond acceptors (Lipinski definition) is 2. The van der Waals surface area contributed by atoms with E-state index in [4.69, 9.17) is 11.6 Å². The van der Waals surface area contributed by atoms with Crippen molar-refractivity contribution in [1.29, 1.82) is 0 Å². The molecule has 24 heavy (non-hydrogen) atoms. The molecule has 0 saturated heterocycles. The van der Waals surface area contributed by atoms with E-state index < -0.39 is 11.5 Å². The fourth-order valence-corrected chi connectivity index (χ4v) is 2.39. The van der Waals surface area contributed by atoms with Crippen molar-refractivity contribution in [2.24, 2.45) is 0 Å². The van der Waals surface area contributed by atoms with Gasteiger partial charge in [-0.3, -0.25) is 9.59 Å². The molecule has 0 saturated carbocycles. The van der Waals surface area contributed by atoms with Crippen LogP contribution in [0.15, 0.2) is 65.5 Å². The van der Waals surface area contributed by atoms with Crippen LogP contribution in [0.3, 0.4) is 0 Å². The Hall–Kier alpha value is -2.92. The first-order chi connectivity index (χ1) is 11.5. The zero-order valence-corrected chi connectivity index (χ0v) is 13.1. The molecule has 1 heterocycles. The number of aromatic amines is 1. The summed E-state index contributed by atoms with van der Waals surface area (Å²) in [5.41, 5.74) is 0.981. The van der Waals surface area contributed by atoms with Crippen molar-refractivity contribution < 1.29 is 9.18 Å². The summed E-state index contributed by atoms with van der Waals surface area (Å²) >= 11 is 5.98. The van der Waals surface area contributed by atoms with Gasteiger partial charge in [0.15, 0.2) is 0 Å². The first-order valence-electron chi connectivity index (χ1n) is 7.10. The van der Waals surface area contributed by atoms with Gasteiger partial charge in [-0.1, -0.05) is 23.7 Å². The summed E-state index contributed by atoms with van der Waals surface area (Å²) < 4.78 is 13.0. The van der Waals surface area contributed by atoms with Crippen LogP contribution in [0.4, 0.5) is 10.1 Å². The van der Waals surface area contributed by atoms with Crippen molar-refractivity contribution in [1.82, 2.24) is 4.98 Å². The third-order valence-corrected chi connectivity index (χ3v) is 3.76. The van der Waals surface area contributed by atoms with Crippen molar-refractivity contribution in [3.8, 4) is 11.3 Å². The predicted octanol–water partition coefficient (Wildman–Crippen LogP) is 4.09. The molecule has 3 rings (SSSR count). The molecule has 0 aliphatic carbocycles. The minimum Gasteiger partial charge on any atom is -0.321 e. The Morgan fingerprint density at radius 2 is 1.71 bits per heavy atom.